The van der Waals surface area contributed by atoms with Gasteiger partial charge in [0.1, 0.15) is 0 Å². The maximum atomic E-state index is 11.2. The molecule has 1 heterocycles. The Hall–Kier alpha value is -2.82. The van der Waals surface area contributed by atoms with Crippen LogP contribution in [0.3, 0.4) is 0 Å². The molecule has 0 spiro atoms. The smallest absolute Gasteiger partial charge is 0.248 e. The van der Waals surface area contributed by atoms with Crippen LogP contribution in [0.1, 0.15) is 41.3 Å². The van der Waals surface area contributed by atoms with Gasteiger partial charge in [-0.2, -0.15) is 0 Å². The second-order valence-electron chi connectivity index (χ2n) is 7.35. The lowest BCUT2D eigenvalue weighted by molar-refractivity contribution is 0.100. The van der Waals surface area contributed by atoms with Crippen molar-refractivity contribution in [1.29, 1.82) is 0 Å². The van der Waals surface area contributed by atoms with E-state index in [0.717, 1.165) is 43.5 Å². The van der Waals surface area contributed by atoms with Crippen molar-refractivity contribution in [2.24, 2.45) is 16.6 Å². The first-order valence-corrected chi connectivity index (χ1v) is 10.1. The molecule has 0 unspecified atom stereocenters. The van der Waals surface area contributed by atoms with Crippen molar-refractivity contribution in [1.82, 2.24) is 10.2 Å². The summed E-state index contributed by atoms with van der Waals surface area (Å²) in [5.41, 5.74) is 8.33. The topological polar surface area (TPSA) is 70.7 Å². The summed E-state index contributed by atoms with van der Waals surface area (Å²) in [7, 11) is 0. The standard InChI is InChI=1S/C23H30N4O/c1-2-25-23(26-17-20-8-10-21(11-9-20)22(24)28)27-14-12-19(13-15-27)16-18-6-4-3-5-7-18/h3-11,19H,2,12-17H2,1H3,(H2,24,28)(H,25,26). The van der Waals surface area contributed by atoms with Gasteiger partial charge in [-0.1, -0.05) is 42.5 Å². The third-order valence-corrected chi connectivity index (χ3v) is 5.27. The van der Waals surface area contributed by atoms with Gasteiger partial charge < -0.3 is 16.0 Å². The van der Waals surface area contributed by atoms with Gasteiger partial charge in [0.15, 0.2) is 5.96 Å². The van der Waals surface area contributed by atoms with Crippen LogP contribution in [0.4, 0.5) is 0 Å². The van der Waals surface area contributed by atoms with Crippen molar-refractivity contribution in [2.75, 3.05) is 19.6 Å². The molecule has 2 aromatic carbocycles. The molecule has 0 aliphatic carbocycles. The van der Waals surface area contributed by atoms with Gasteiger partial charge in [0, 0.05) is 25.2 Å². The van der Waals surface area contributed by atoms with Crippen LogP contribution in [0, 0.1) is 5.92 Å². The van der Waals surface area contributed by atoms with Gasteiger partial charge in [-0.25, -0.2) is 4.99 Å². The molecule has 3 rings (SSSR count). The van der Waals surface area contributed by atoms with Crippen molar-refractivity contribution in [3.05, 3.63) is 71.3 Å². The second-order valence-corrected chi connectivity index (χ2v) is 7.35. The Morgan fingerprint density at radius 3 is 2.36 bits per heavy atom. The van der Waals surface area contributed by atoms with Crippen molar-refractivity contribution in [2.45, 2.75) is 32.7 Å². The highest BCUT2D eigenvalue weighted by Crippen LogP contribution is 2.21. The number of hydrogen-bond acceptors (Lipinski definition) is 2. The summed E-state index contributed by atoms with van der Waals surface area (Å²) in [5, 5.41) is 3.42. The van der Waals surface area contributed by atoms with Crippen LogP contribution in [0.2, 0.25) is 0 Å². The number of guanidine groups is 1. The first kappa shape index (κ1) is 19.9. The summed E-state index contributed by atoms with van der Waals surface area (Å²) in [4.78, 5) is 18.4. The highest BCUT2D eigenvalue weighted by Gasteiger charge is 2.21. The third-order valence-electron chi connectivity index (χ3n) is 5.27. The Balaban J connectivity index is 1.56. The van der Waals surface area contributed by atoms with Gasteiger partial charge in [0.25, 0.3) is 0 Å². The second kappa shape index (κ2) is 9.93. The first-order valence-electron chi connectivity index (χ1n) is 10.1. The Labute approximate surface area is 167 Å². The normalized spacial score (nSPS) is 15.5. The maximum Gasteiger partial charge on any atom is 0.248 e. The fourth-order valence-electron chi connectivity index (χ4n) is 3.66. The van der Waals surface area contributed by atoms with Crippen LogP contribution >= 0.6 is 0 Å². The highest BCUT2D eigenvalue weighted by molar-refractivity contribution is 5.92. The Morgan fingerprint density at radius 1 is 1.07 bits per heavy atom. The van der Waals surface area contributed by atoms with Crippen LogP contribution in [0.15, 0.2) is 59.6 Å². The molecule has 0 aromatic heterocycles. The zero-order chi connectivity index (χ0) is 19.8. The zero-order valence-corrected chi connectivity index (χ0v) is 16.6. The van der Waals surface area contributed by atoms with E-state index in [-0.39, 0.29) is 0 Å². The third kappa shape index (κ3) is 5.59. The van der Waals surface area contributed by atoms with Crippen molar-refractivity contribution in [3.63, 3.8) is 0 Å². The molecule has 1 amide bonds. The maximum absolute atomic E-state index is 11.2. The summed E-state index contributed by atoms with van der Waals surface area (Å²) in [6.45, 7) is 5.60. The summed E-state index contributed by atoms with van der Waals surface area (Å²) in [5.74, 6) is 1.31. The number of aliphatic imine (C=N–C) groups is 1. The molecular formula is C23H30N4O. The minimum Gasteiger partial charge on any atom is -0.366 e. The summed E-state index contributed by atoms with van der Waals surface area (Å²) < 4.78 is 0. The number of primary amides is 1. The van der Waals surface area contributed by atoms with Gasteiger partial charge >= 0.3 is 0 Å². The molecule has 2 aromatic rings. The summed E-state index contributed by atoms with van der Waals surface area (Å²) >= 11 is 0. The lowest BCUT2D eigenvalue weighted by Gasteiger charge is -2.34. The molecule has 1 aliphatic rings. The molecular weight excluding hydrogens is 348 g/mol. The molecule has 148 valence electrons. The van der Waals surface area contributed by atoms with Gasteiger partial charge in [-0.05, 0) is 55.4 Å². The molecule has 0 saturated carbocycles. The van der Waals surface area contributed by atoms with Crippen molar-refractivity contribution < 1.29 is 4.79 Å². The van der Waals surface area contributed by atoms with Crippen LogP contribution in [0.25, 0.3) is 0 Å². The number of nitrogens with one attached hydrogen (secondary N) is 1. The van der Waals surface area contributed by atoms with Crippen LogP contribution in [-0.4, -0.2) is 36.4 Å². The predicted molar refractivity (Wildman–Crippen MR) is 114 cm³/mol. The minimum absolute atomic E-state index is 0.401. The molecule has 5 heteroatoms. The first-order chi connectivity index (χ1) is 13.7. The fraction of sp³-hybridized carbons (Fsp3) is 0.391. The van der Waals surface area contributed by atoms with E-state index in [1.807, 2.05) is 12.1 Å². The average Bonchev–Trinajstić information content (AvgIpc) is 2.73. The number of amides is 1. The van der Waals surface area contributed by atoms with E-state index in [1.165, 1.54) is 18.4 Å². The SMILES string of the molecule is CCNC(=NCc1ccc(C(N)=O)cc1)N1CCC(Cc2ccccc2)CC1. The number of likely N-dealkylation sites (tertiary alicyclic amines) is 1. The van der Waals surface area contributed by atoms with Gasteiger partial charge in [-0.15, -0.1) is 0 Å². The molecule has 1 aliphatic heterocycles. The van der Waals surface area contributed by atoms with E-state index in [9.17, 15) is 4.79 Å². The molecule has 5 nitrogen and oxygen atoms in total. The largest absolute Gasteiger partial charge is 0.366 e. The molecule has 0 radical (unpaired) electrons. The number of nitrogens with zero attached hydrogens (tertiary/aromatic N) is 2. The van der Waals surface area contributed by atoms with E-state index in [0.29, 0.717) is 12.1 Å². The molecule has 28 heavy (non-hydrogen) atoms. The highest BCUT2D eigenvalue weighted by atomic mass is 16.1. The minimum atomic E-state index is -0.401. The zero-order valence-electron chi connectivity index (χ0n) is 16.6. The number of nitrogens with two attached hydrogens (primary N) is 1. The monoisotopic (exact) mass is 378 g/mol. The predicted octanol–water partition coefficient (Wildman–Crippen LogP) is 3.21. The van der Waals surface area contributed by atoms with Crippen molar-refractivity contribution >= 4 is 11.9 Å². The Kier molecular flexibility index (Phi) is 7.06. The molecule has 3 N–H and O–H groups in total. The molecule has 0 atom stereocenters. The van der Waals surface area contributed by atoms with E-state index < -0.39 is 5.91 Å². The summed E-state index contributed by atoms with van der Waals surface area (Å²) in [6.07, 6.45) is 3.54. The van der Waals surface area contributed by atoms with E-state index >= 15 is 0 Å². The lowest BCUT2D eigenvalue weighted by atomic mass is 9.90. The molecule has 0 bridgehead atoms. The van der Waals surface area contributed by atoms with E-state index in [4.69, 9.17) is 10.7 Å². The Bertz CT molecular complexity index is 778. The fourth-order valence-corrected chi connectivity index (χ4v) is 3.66. The van der Waals surface area contributed by atoms with Crippen molar-refractivity contribution in [3.8, 4) is 0 Å². The van der Waals surface area contributed by atoms with Crippen LogP contribution in [-0.2, 0) is 13.0 Å². The lowest BCUT2D eigenvalue weighted by Crippen LogP contribution is -2.45. The number of hydrogen-bond donors (Lipinski definition) is 2. The van der Waals surface area contributed by atoms with Gasteiger partial charge in [0.2, 0.25) is 5.91 Å². The van der Waals surface area contributed by atoms with Gasteiger partial charge in [-0.3, -0.25) is 4.79 Å². The van der Waals surface area contributed by atoms with E-state index in [1.54, 1.807) is 12.1 Å². The number of benzene rings is 2. The number of carbonyl (C=O) groups excluding carboxylic acids is 1. The van der Waals surface area contributed by atoms with E-state index in [2.05, 4.69) is 47.5 Å². The molecule has 1 saturated heterocycles. The quantitative estimate of drug-likeness (QED) is 0.599. The van der Waals surface area contributed by atoms with Crippen LogP contribution < -0.4 is 11.1 Å². The average molecular weight is 379 g/mol. The number of rotatable bonds is 6. The number of piperidine rings is 1. The van der Waals surface area contributed by atoms with Gasteiger partial charge in [0.05, 0.1) is 6.54 Å². The number of carbonyl (C=O) groups is 1. The Morgan fingerprint density at radius 2 is 1.75 bits per heavy atom. The molecule has 1 fully saturated rings. The summed E-state index contributed by atoms with van der Waals surface area (Å²) in [6, 6.07) is 18.1. The van der Waals surface area contributed by atoms with Crippen LogP contribution in [0.5, 0.6) is 0 Å².